The van der Waals surface area contributed by atoms with E-state index < -0.39 is 0 Å². The van der Waals surface area contributed by atoms with Crippen molar-refractivity contribution < 1.29 is 9.90 Å². The van der Waals surface area contributed by atoms with E-state index in [4.69, 9.17) is 0 Å². The number of hydrogen-bond acceptors (Lipinski definition) is 4. The average Bonchev–Trinajstić information content (AvgIpc) is 2.42. The minimum atomic E-state index is -0.188. The maximum atomic E-state index is 11.2. The molecule has 0 saturated heterocycles. The Bertz CT molecular complexity index is 636. The Kier molecular flexibility index (Phi) is 4.33. The summed E-state index contributed by atoms with van der Waals surface area (Å²) in [5, 5.41) is 15.5. The van der Waals surface area contributed by atoms with Crippen LogP contribution < -0.4 is 15.5 Å². The van der Waals surface area contributed by atoms with Crippen LogP contribution in [0.25, 0.3) is 0 Å². The first-order valence-electron chi connectivity index (χ1n) is 6.61. The SMILES string of the molecule is CC(=O)Nc1cc(O)ccc1Nc1ccc(N(C)C)cc1. The minimum absolute atomic E-state index is 0.104. The summed E-state index contributed by atoms with van der Waals surface area (Å²) >= 11 is 0. The number of hydrogen-bond donors (Lipinski definition) is 3. The molecule has 0 aromatic heterocycles. The summed E-state index contributed by atoms with van der Waals surface area (Å²) in [5.41, 5.74) is 3.27. The number of rotatable bonds is 4. The molecule has 1 amide bonds. The fourth-order valence-corrected chi connectivity index (χ4v) is 1.93. The lowest BCUT2D eigenvalue weighted by atomic mass is 10.2. The lowest BCUT2D eigenvalue weighted by molar-refractivity contribution is -0.114. The van der Waals surface area contributed by atoms with Crippen molar-refractivity contribution in [3.63, 3.8) is 0 Å². The van der Waals surface area contributed by atoms with Crippen LogP contribution in [-0.4, -0.2) is 25.1 Å². The van der Waals surface area contributed by atoms with Gasteiger partial charge in [0.2, 0.25) is 5.91 Å². The monoisotopic (exact) mass is 285 g/mol. The van der Waals surface area contributed by atoms with Gasteiger partial charge in [0.15, 0.2) is 0 Å². The van der Waals surface area contributed by atoms with Crippen molar-refractivity contribution in [3.05, 3.63) is 42.5 Å². The van der Waals surface area contributed by atoms with Crippen LogP contribution in [0.1, 0.15) is 6.92 Å². The normalized spacial score (nSPS) is 10.0. The Labute approximate surface area is 124 Å². The number of anilines is 4. The van der Waals surface area contributed by atoms with Gasteiger partial charge in [-0.15, -0.1) is 0 Å². The molecule has 0 spiro atoms. The van der Waals surface area contributed by atoms with Gasteiger partial charge in [-0.1, -0.05) is 0 Å². The molecule has 0 bridgehead atoms. The molecule has 0 aliphatic heterocycles. The van der Waals surface area contributed by atoms with Crippen molar-refractivity contribution in [1.29, 1.82) is 0 Å². The highest BCUT2D eigenvalue weighted by Gasteiger charge is 2.06. The fourth-order valence-electron chi connectivity index (χ4n) is 1.93. The Morgan fingerprint density at radius 1 is 1.05 bits per heavy atom. The summed E-state index contributed by atoms with van der Waals surface area (Å²) in [4.78, 5) is 13.2. The van der Waals surface area contributed by atoms with Crippen LogP contribution in [0.3, 0.4) is 0 Å². The number of carbonyl (C=O) groups is 1. The summed E-state index contributed by atoms with van der Waals surface area (Å²) in [6.07, 6.45) is 0. The average molecular weight is 285 g/mol. The number of phenolic OH excluding ortho intramolecular Hbond substituents is 1. The zero-order valence-electron chi connectivity index (χ0n) is 12.3. The summed E-state index contributed by atoms with van der Waals surface area (Å²) in [5.74, 6) is -0.0844. The van der Waals surface area contributed by atoms with Gasteiger partial charge in [0.05, 0.1) is 11.4 Å². The third-order valence-corrected chi connectivity index (χ3v) is 2.98. The van der Waals surface area contributed by atoms with Crippen LogP contribution in [0, 0.1) is 0 Å². The van der Waals surface area contributed by atoms with Gasteiger partial charge in [0, 0.05) is 38.5 Å². The van der Waals surface area contributed by atoms with Crippen molar-refractivity contribution in [2.45, 2.75) is 6.92 Å². The number of carbonyl (C=O) groups excluding carboxylic acids is 1. The molecule has 0 unspecified atom stereocenters. The Balaban J connectivity index is 2.24. The van der Waals surface area contributed by atoms with E-state index in [9.17, 15) is 9.90 Å². The third kappa shape index (κ3) is 3.89. The van der Waals surface area contributed by atoms with Gasteiger partial charge in [0.1, 0.15) is 5.75 Å². The van der Waals surface area contributed by atoms with Crippen LogP contribution >= 0.6 is 0 Å². The van der Waals surface area contributed by atoms with Crippen molar-refractivity contribution in [1.82, 2.24) is 0 Å². The Morgan fingerprint density at radius 3 is 2.29 bits per heavy atom. The van der Waals surface area contributed by atoms with E-state index in [1.54, 1.807) is 12.1 Å². The summed E-state index contributed by atoms with van der Waals surface area (Å²) in [7, 11) is 3.97. The number of nitrogens with one attached hydrogen (secondary N) is 2. The molecular weight excluding hydrogens is 266 g/mol. The zero-order valence-corrected chi connectivity index (χ0v) is 12.3. The van der Waals surface area contributed by atoms with Crippen molar-refractivity contribution in [2.75, 3.05) is 29.6 Å². The standard InChI is InChI=1S/C16H19N3O2/c1-11(20)17-16-10-14(21)8-9-15(16)18-12-4-6-13(7-5-12)19(2)3/h4-10,18,21H,1-3H3,(H,17,20). The molecule has 5 heteroatoms. The van der Waals surface area contributed by atoms with E-state index in [1.165, 1.54) is 13.0 Å². The lowest BCUT2D eigenvalue weighted by Gasteiger charge is -2.15. The fraction of sp³-hybridized carbons (Fsp3) is 0.188. The van der Waals surface area contributed by atoms with Gasteiger partial charge >= 0.3 is 0 Å². The minimum Gasteiger partial charge on any atom is -0.508 e. The molecule has 0 fully saturated rings. The molecule has 0 radical (unpaired) electrons. The van der Waals surface area contributed by atoms with Crippen LogP contribution in [0.5, 0.6) is 5.75 Å². The number of amides is 1. The smallest absolute Gasteiger partial charge is 0.221 e. The summed E-state index contributed by atoms with van der Waals surface area (Å²) < 4.78 is 0. The van der Waals surface area contributed by atoms with Gasteiger partial charge in [-0.25, -0.2) is 0 Å². The molecule has 3 N–H and O–H groups in total. The second-order valence-corrected chi connectivity index (χ2v) is 4.98. The Morgan fingerprint density at radius 2 is 1.71 bits per heavy atom. The van der Waals surface area contributed by atoms with Crippen molar-refractivity contribution in [2.24, 2.45) is 0 Å². The highest BCUT2D eigenvalue weighted by Crippen LogP contribution is 2.29. The second-order valence-electron chi connectivity index (χ2n) is 4.98. The Hall–Kier alpha value is -2.69. The van der Waals surface area contributed by atoms with E-state index in [0.29, 0.717) is 5.69 Å². The predicted octanol–water partition coefficient (Wildman–Crippen LogP) is 3.16. The zero-order chi connectivity index (χ0) is 15.4. The number of nitrogens with zero attached hydrogens (tertiary/aromatic N) is 1. The van der Waals surface area contributed by atoms with Crippen LogP contribution in [0.4, 0.5) is 22.7 Å². The molecule has 2 rings (SSSR count). The first-order valence-corrected chi connectivity index (χ1v) is 6.61. The molecule has 0 aliphatic rings. The first-order chi connectivity index (χ1) is 9.95. The number of aromatic hydroxyl groups is 1. The molecule has 0 heterocycles. The molecule has 0 saturated carbocycles. The number of benzene rings is 2. The van der Waals surface area contributed by atoms with E-state index in [1.807, 2.05) is 43.3 Å². The molecule has 21 heavy (non-hydrogen) atoms. The molecule has 2 aromatic rings. The topological polar surface area (TPSA) is 64.6 Å². The highest BCUT2D eigenvalue weighted by atomic mass is 16.3. The molecule has 0 atom stereocenters. The third-order valence-electron chi connectivity index (χ3n) is 2.98. The summed E-state index contributed by atoms with van der Waals surface area (Å²) in [6, 6.07) is 12.7. The van der Waals surface area contributed by atoms with Gasteiger partial charge in [-0.2, -0.15) is 0 Å². The second kappa shape index (κ2) is 6.17. The quantitative estimate of drug-likeness (QED) is 0.755. The van der Waals surface area contributed by atoms with Gasteiger partial charge < -0.3 is 20.6 Å². The maximum absolute atomic E-state index is 11.2. The molecule has 0 aliphatic carbocycles. The van der Waals surface area contributed by atoms with Gasteiger partial charge in [-0.3, -0.25) is 4.79 Å². The van der Waals surface area contributed by atoms with Crippen LogP contribution in [0.15, 0.2) is 42.5 Å². The van der Waals surface area contributed by atoms with Gasteiger partial charge in [-0.05, 0) is 36.4 Å². The molecular formula is C16H19N3O2. The largest absolute Gasteiger partial charge is 0.508 e. The van der Waals surface area contributed by atoms with Crippen LogP contribution in [0.2, 0.25) is 0 Å². The van der Waals surface area contributed by atoms with Crippen molar-refractivity contribution >= 4 is 28.7 Å². The van der Waals surface area contributed by atoms with Crippen LogP contribution in [-0.2, 0) is 4.79 Å². The predicted molar refractivity (Wildman–Crippen MR) is 86.5 cm³/mol. The number of phenols is 1. The van der Waals surface area contributed by atoms with E-state index >= 15 is 0 Å². The molecule has 110 valence electrons. The molecule has 5 nitrogen and oxygen atoms in total. The lowest BCUT2D eigenvalue weighted by Crippen LogP contribution is -2.09. The highest BCUT2D eigenvalue weighted by molar-refractivity contribution is 5.93. The van der Waals surface area contributed by atoms with Gasteiger partial charge in [0.25, 0.3) is 0 Å². The van der Waals surface area contributed by atoms with E-state index in [0.717, 1.165) is 17.1 Å². The molecule has 2 aromatic carbocycles. The summed E-state index contributed by atoms with van der Waals surface area (Å²) in [6.45, 7) is 1.43. The van der Waals surface area contributed by atoms with E-state index in [-0.39, 0.29) is 11.7 Å². The van der Waals surface area contributed by atoms with Crippen molar-refractivity contribution in [3.8, 4) is 5.75 Å². The maximum Gasteiger partial charge on any atom is 0.221 e. The first kappa shape index (κ1) is 14.7. The van der Waals surface area contributed by atoms with E-state index in [2.05, 4.69) is 10.6 Å².